The van der Waals surface area contributed by atoms with Crippen LogP contribution in [0.3, 0.4) is 0 Å². The van der Waals surface area contributed by atoms with E-state index in [9.17, 15) is 9.90 Å². The third-order valence-electron chi connectivity index (χ3n) is 4.37. The molecule has 2 amide bonds. The number of carbonyl (C=O) groups is 1. The topological polar surface area (TPSA) is 82.4 Å². The molecule has 1 fully saturated rings. The van der Waals surface area contributed by atoms with Gasteiger partial charge in [-0.05, 0) is 32.2 Å². The van der Waals surface area contributed by atoms with Gasteiger partial charge in [-0.1, -0.05) is 6.92 Å². The summed E-state index contributed by atoms with van der Waals surface area (Å²) < 4.78 is 1.63. The van der Waals surface area contributed by atoms with E-state index in [2.05, 4.69) is 27.6 Å². The van der Waals surface area contributed by atoms with Crippen molar-refractivity contribution < 1.29 is 9.90 Å². The van der Waals surface area contributed by atoms with Gasteiger partial charge in [0.25, 0.3) is 0 Å². The molecule has 2 atom stereocenters. The van der Waals surface area contributed by atoms with Gasteiger partial charge in [0.05, 0.1) is 12.7 Å². The molecule has 2 unspecified atom stereocenters. The van der Waals surface area contributed by atoms with E-state index in [1.165, 1.54) is 12.8 Å². The smallest absolute Gasteiger partial charge is 0.314 e. The number of aliphatic hydroxyl groups is 1. The van der Waals surface area contributed by atoms with Gasteiger partial charge in [-0.15, -0.1) is 0 Å². The third-order valence-corrected chi connectivity index (χ3v) is 4.37. The van der Waals surface area contributed by atoms with E-state index < -0.39 is 5.60 Å². The molecular weight excluding hydrogens is 294 g/mol. The molecular formula is C16H29N5O2. The maximum atomic E-state index is 11.9. The summed E-state index contributed by atoms with van der Waals surface area (Å²) in [7, 11) is 1.79. The summed E-state index contributed by atoms with van der Waals surface area (Å²) in [5.41, 5.74) is -0.448. The first-order chi connectivity index (χ1) is 10.9. The molecule has 0 spiro atoms. The number of likely N-dealkylation sites (tertiary alicyclic amines) is 1. The van der Waals surface area contributed by atoms with Crippen molar-refractivity contribution in [2.75, 3.05) is 32.7 Å². The normalized spacial score (nSPS) is 21.7. The number of amides is 2. The van der Waals surface area contributed by atoms with Gasteiger partial charge >= 0.3 is 6.03 Å². The van der Waals surface area contributed by atoms with Crippen LogP contribution in [0.15, 0.2) is 12.4 Å². The van der Waals surface area contributed by atoms with Crippen LogP contribution in [0, 0.1) is 5.92 Å². The van der Waals surface area contributed by atoms with Crippen molar-refractivity contribution in [1.82, 2.24) is 25.3 Å². The number of carbonyl (C=O) groups excluding carboxylic acids is 1. The first kappa shape index (κ1) is 17.7. The van der Waals surface area contributed by atoms with Crippen molar-refractivity contribution in [3.8, 4) is 0 Å². The first-order valence-electron chi connectivity index (χ1n) is 8.32. The van der Waals surface area contributed by atoms with E-state index in [1.54, 1.807) is 31.0 Å². The van der Waals surface area contributed by atoms with E-state index in [0.717, 1.165) is 25.6 Å². The zero-order valence-electron chi connectivity index (χ0n) is 14.4. The van der Waals surface area contributed by atoms with Crippen LogP contribution >= 0.6 is 0 Å². The SMILES string of the molecule is CC1CCCN(CCNC(=O)NCC(C)(O)c2cnn(C)c2)C1. The highest BCUT2D eigenvalue weighted by atomic mass is 16.3. The van der Waals surface area contributed by atoms with Gasteiger partial charge in [0.2, 0.25) is 0 Å². The Hall–Kier alpha value is -1.60. The van der Waals surface area contributed by atoms with E-state index in [0.29, 0.717) is 12.1 Å². The Morgan fingerprint density at radius 2 is 2.30 bits per heavy atom. The number of piperidine rings is 1. The highest BCUT2D eigenvalue weighted by Crippen LogP contribution is 2.18. The number of rotatable bonds is 6. The number of hydrogen-bond acceptors (Lipinski definition) is 4. The lowest BCUT2D eigenvalue weighted by Crippen LogP contribution is -2.46. The maximum absolute atomic E-state index is 11.9. The molecule has 0 aliphatic carbocycles. The fourth-order valence-corrected chi connectivity index (χ4v) is 2.93. The summed E-state index contributed by atoms with van der Waals surface area (Å²) in [4.78, 5) is 14.2. The minimum absolute atomic E-state index is 0.144. The molecule has 7 nitrogen and oxygen atoms in total. The van der Waals surface area contributed by atoms with Gasteiger partial charge in [0.1, 0.15) is 5.60 Å². The lowest BCUT2D eigenvalue weighted by atomic mass is 10.00. The Morgan fingerprint density at radius 1 is 1.52 bits per heavy atom. The van der Waals surface area contributed by atoms with Gasteiger partial charge in [-0.2, -0.15) is 5.10 Å². The number of hydrogen-bond donors (Lipinski definition) is 3. The highest BCUT2D eigenvalue weighted by molar-refractivity contribution is 5.73. The van der Waals surface area contributed by atoms with E-state index in [-0.39, 0.29) is 12.6 Å². The number of nitrogens with one attached hydrogen (secondary N) is 2. The molecule has 1 saturated heterocycles. The number of nitrogens with zero attached hydrogens (tertiary/aromatic N) is 3. The number of aromatic nitrogens is 2. The van der Waals surface area contributed by atoms with Crippen molar-refractivity contribution in [2.24, 2.45) is 13.0 Å². The summed E-state index contributed by atoms with van der Waals surface area (Å²) in [6.07, 6.45) is 5.89. The molecule has 1 aromatic rings. The summed E-state index contributed by atoms with van der Waals surface area (Å²) in [5, 5.41) is 20.0. The Labute approximate surface area is 138 Å². The van der Waals surface area contributed by atoms with Gasteiger partial charge in [-0.3, -0.25) is 4.68 Å². The quantitative estimate of drug-likeness (QED) is 0.718. The van der Waals surface area contributed by atoms with Crippen LogP contribution in [0.2, 0.25) is 0 Å². The van der Waals surface area contributed by atoms with Crippen molar-refractivity contribution in [2.45, 2.75) is 32.3 Å². The average Bonchev–Trinajstić information content (AvgIpc) is 2.93. The van der Waals surface area contributed by atoms with Crippen LogP contribution in [0.25, 0.3) is 0 Å². The second-order valence-corrected chi connectivity index (χ2v) is 6.83. The average molecular weight is 323 g/mol. The van der Waals surface area contributed by atoms with E-state index in [1.807, 2.05) is 0 Å². The lowest BCUT2D eigenvalue weighted by Gasteiger charge is -2.30. The second kappa shape index (κ2) is 7.79. The van der Waals surface area contributed by atoms with Crippen LogP contribution in [-0.2, 0) is 12.6 Å². The van der Waals surface area contributed by atoms with Crippen LogP contribution in [0.5, 0.6) is 0 Å². The number of urea groups is 1. The molecule has 1 aromatic heterocycles. The van der Waals surface area contributed by atoms with Crippen molar-refractivity contribution in [3.05, 3.63) is 18.0 Å². The molecule has 0 aromatic carbocycles. The fourth-order valence-electron chi connectivity index (χ4n) is 2.93. The molecule has 23 heavy (non-hydrogen) atoms. The van der Waals surface area contributed by atoms with Crippen molar-refractivity contribution >= 4 is 6.03 Å². The summed E-state index contributed by atoms with van der Waals surface area (Å²) in [6, 6.07) is -0.251. The van der Waals surface area contributed by atoms with Crippen molar-refractivity contribution in [3.63, 3.8) is 0 Å². The Kier molecular flexibility index (Phi) is 6.01. The van der Waals surface area contributed by atoms with E-state index >= 15 is 0 Å². The van der Waals surface area contributed by atoms with Gasteiger partial charge in [0.15, 0.2) is 0 Å². The molecule has 0 saturated carbocycles. The summed E-state index contributed by atoms with van der Waals surface area (Å²) in [6.45, 7) is 7.80. The van der Waals surface area contributed by atoms with Gasteiger partial charge < -0.3 is 20.6 Å². The monoisotopic (exact) mass is 323 g/mol. The highest BCUT2D eigenvalue weighted by Gasteiger charge is 2.25. The molecule has 130 valence electrons. The molecule has 1 aliphatic rings. The summed E-state index contributed by atoms with van der Waals surface area (Å²) in [5.74, 6) is 0.743. The molecule has 1 aliphatic heterocycles. The zero-order valence-corrected chi connectivity index (χ0v) is 14.4. The van der Waals surface area contributed by atoms with Crippen LogP contribution < -0.4 is 10.6 Å². The summed E-state index contributed by atoms with van der Waals surface area (Å²) >= 11 is 0. The predicted octanol–water partition coefficient (Wildman–Crippen LogP) is 0.659. The second-order valence-electron chi connectivity index (χ2n) is 6.83. The van der Waals surface area contributed by atoms with E-state index in [4.69, 9.17) is 0 Å². The Balaban J connectivity index is 1.66. The molecule has 7 heteroatoms. The Morgan fingerprint density at radius 3 is 2.96 bits per heavy atom. The minimum Gasteiger partial charge on any atom is -0.383 e. The lowest BCUT2D eigenvalue weighted by molar-refractivity contribution is 0.0592. The van der Waals surface area contributed by atoms with Gasteiger partial charge in [0, 0.05) is 38.4 Å². The predicted molar refractivity (Wildman–Crippen MR) is 89.0 cm³/mol. The molecule has 2 heterocycles. The van der Waals surface area contributed by atoms with Crippen LogP contribution in [0.1, 0.15) is 32.3 Å². The third kappa shape index (κ3) is 5.51. The minimum atomic E-state index is -1.13. The molecule has 3 N–H and O–H groups in total. The van der Waals surface area contributed by atoms with Crippen LogP contribution in [0.4, 0.5) is 4.79 Å². The maximum Gasteiger partial charge on any atom is 0.314 e. The Bertz CT molecular complexity index is 514. The van der Waals surface area contributed by atoms with Gasteiger partial charge in [-0.25, -0.2) is 4.79 Å². The fraction of sp³-hybridized carbons (Fsp3) is 0.750. The largest absolute Gasteiger partial charge is 0.383 e. The standard InChI is InChI=1S/C16H29N5O2/c1-13-5-4-7-21(10-13)8-6-17-15(22)18-12-16(2,23)14-9-19-20(3)11-14/h9,11,13,23H,4-8,10,12H2,1-3H3,(H2,17,18,22). The molecule has 0 radical (unpaired) electrons. The first-order valence-corrected chi connectivity index (χ1v) is 8.32. The van der Waals surface area contributed by atoms with Crippen molar-refractivity contribution in [1.29, 1.82) is 0 Å². The zero-order chi connectivity index (χ0) is 16.9. The molecule has 2 rings (SSSR count). The molecule has 0 bridgehead atoms. The number of aryl methyl sites for hydroxylation is 1. The van der Waals surface area contributed by atoms with Crippen LogP contribution in [-0.4, -0.2) is 58.5 Å².